The van der Waals surface area contributed by atoms with Crippen LogP contribution in [0.5, 0.6) is 0 Å². The SMILES string of the molecule is CC(=O)Nc1cc(-c2ccc(C(=O)O)o2)ccc1Cl. The Morgan fingerprint density at radius 2 is 2.00 bits per heavy atom. The van der Waals surface area contributed by atoms with Gasteiger partial charge in [-0.05, 0) is 30.3 Å². The zero-order valence-electron chi connectivity index (χ0n) is 9.94. The molecule has 0 fully saturated rings. The zero-order valence-corrected chi connectivity index (χ0v) is 10.7. The number of carbonyl (C=O) groups excluding carboxylic acids is 1. The van der Waals surface area contributed by atoms with Crippen LogP contribution in [0.4, 0.5) is 5.69 Å². The van der Waals surface area contributed by atoms with Gasteiger partial charge in [0.2, 0.25) is 11.7 Å². The van der Waals surface area contributed by atoms with Gasteiger partial charge in [-0.25, -0.2) is 4.79 Å². The van der Waals surface area contributed by atoms with Crippen molar-refractivity contribution in [1.29, 1.82) is 0 Å². The molecule has 0 atom stereocenters. The van der Waals surface area contributed by atoms with Crippen LogP contribution in [0.1, 0.15) is 17.5 Å². The first-order valence-electron chi connectivity index (χ1n) is 5.38. The van der Waals surface area contributed by atoms with Crippen molar-refractivity contribution in [3.05, 3.63) is 41.1 Å². The molecular formula is C13H10ClNO4. The third kappa shape index (κ3) is 2.95. The first kappa shape index (κ1) is 13.2. The molecule has 5 nitrogen and oxygen atoms in total. The predicted octanol–water partition coefficient (Wildman–Crippen LogP) is 3.26. The van der Waals surface area contributed by atoms with E-state index in [0.717, 1.165) is 0 Å². The van der Waals surface area contributed by atoms with Gasteiger partial charge in [0, 0.05) is 12.5 Å². The van der Waals surface area contributed by atoms with E-state index in [1.54, 1.807) is 24.3 Å². The summed E-state index contributed by atoms with van der Waals surface area (Å²) in [6.45, 7) is 1.37. The Labute approximate surface area is 113 Å². The van der Waals surface area contributed by atoms with Crippen LogP contribution in [0.2, 0.25) is 5.02 Å². The molecule has 0 unspecified atom stereocenters. The number of amides is 1. The summed E-state index contributed by atoms with van der Waals surface area (Å²) >= 11 is 5.94. The molecule has 1 aromatic heterocycles. The molecule has 2 rings (SSSR count). The minimum absolute atomic E-state index is 0.147. The van der Waals surface area contributed by atoms with Crippen molar-refractivity contribution >= 4 is 29.2 Å². The minimum Gasteiger partial charge on any atom is -0.475 e. The number of nitrogens with one attached hydrogen (secondary N) is 1. The van der Waals surface area contributed by atoms with Gasteiger partial charge in [-0.1, -0.05) is 11.6 Å². The van der Waals surface area contributed by atoms with Crippen LogP contribution in [-0.2, 0) is 4.79 Å². The molecule has 0 saturated carbocycles. The fraction of sp³-hybridized carbons (Fsp3) is 0.0769. The number of furan rings is 1. The average molecular weight is 280 g/mol. The number of aromatic carboxylic acids is 1. The molecule has 19 heavy (non-hydrogen) atoms. The van der Waals surface area contributed by atoms with Crippen molar-refractivity contribution in [2.45, 2.75) is 6.92 Å². The standard InChI is InChI=1S/C13H10ClNO4/c1-7(16)15-10-6-8(2-3-9(10)14)11-4-5-12(19-11)13(17)18/h2-6H,1H3,(H,15,16)(H,17,18). The summed E-state index contributed by atoms with van der Waals surface area (Å²) in [5.74, 6) is -1.14. The minimum atomic E-state index is -1.14. The highest BCUT2D eigenvalue weighted by Crippen LogP contribution is 2.29. The number of benzene rings is 1. The summed E-state index contributed by atoms with van der Waals surface area (Å²) in [6, 6.07) is 7.81. The molecule has 0 aliphatic heterocycles. The molecular weight excluding hydrogens is 270 g/mol. The Kier molecular flexibility index (Phi) is 3.57. The molecule has 2 aromatic rings. The molecule has 2 N–H and O–H groups in total. The number of anilines is 1. The fourth-order valence-electron chi connectivity index (χ4n) is 1.57. The first-order chi connectivity index (χ1) is 8.97. The Bertz CT molecular complexity index is 648. The lowest BCUT2D eigenvalue weighted by molar-refractivity contribution is -0.114. The average Bonchev–Trinajstić information content (AvgIpc) is 2.81. The second-order valence-corrected chi connectivity index (χ2v) is 4.25. The molecule has 0 saturated heterocycles. The van der Waals surface area contributed by atoms with Gasteiger partial charge in [0.25, 0.3) is 0 Å². The van der Waals surface area contributed by atoms with Gasteiger partial charge < -0.3 is 14.8 Å². The van der Waals surface area contributed by atoms with Crippen molar-refractivity contribution in [2.24, 2.45) is 0 Å². The van der Waals surface area contributed by atoms with Crippen molar-refractivity contribution < 1.29 is 19.1 Å². The highest BCUT2D eigenvalue weighted by Gasteiger charge is 2.12. The highest BCUT2D eigenvalue weighted by molar-refractivity contribution is 6.33. The number of carbonyl (C=O) groups is 2. The van der Waals surface area contributed by atoms with E-state index in [1.165, 1.54) is 13.0 Å². The van der Waals surface area contributed by atoms with Crippen LogP contribution in [0.3, 0.4) is 0 Å². The maximum absolute atomic E-state index is 11.0. The summed E-state index contributed by atoms with van der Waals surface area (Å²) in [5.41, 5.74) is 1.07. The summed E-state index contributed by atoms with van der Waals surface area (Å²) in [7, 11) is 0. The number of hydrogen-bond donors (Lipinski definition) is 2. The van der Waals surface area contributed by atoms with Gasteiger partial charge in [0.1, 0.15) is 5.76 Å². The Balaban J connectivity index is 2.39. The zero-order chi connectivity index (χ0) is 14.0. The van der Waals surface area contributed by atoms with Gasteiger partial charge >= 0.3 is 5.97 Å². The number of carboxylic acids is 1. The van der Waals surface area contributed by atoms with Crippen LogP contribution < -0.4 is 5.32 Å². The first-order valence-corrected chi connectivity index (χ1v) is 5.76. The van der Waals surface area contributed by atoms with Crippen molar-refractivity contribution in [1.82, 2.24) is 0 Å². The normalized spacial score (nSPS) is 10.2. The van der Waals surface area contributed by atoms with Gasteiger partial charge in [0.15, 0.2) is 0 Å². The molecule has 98 valence electrons. The second kappa shape index (κ2) is 5.16. The Morgan fingerprint density at radius 1 is 1.26 bits per heavy atom. The van der Waals surface area contributed by atoms with Crippen LogP contribution in [0.25, 0.3) is 11.3 Å². The van der Waals surface area contributed by atoms with E-state index < -0.39 is 5.97 Å². The van der Waals surface area contributed by atoms with Crippen molar-refractivity contribution in [2.75, 3.05) is 5.32 Å². The molecule has 6 heteroatoms. The molecule has 0 bridgehead atoms. The molecule has 0 aliphatic rings. The summed E-state index contributed by atoms with van der Waals surface area (Å²) in [4.78, 5) is 21.8. The molecule has 1 heterocycles. The van der Waals surface area contributed by atoms with E-state index in [2.05, 4.69) is 5.32 Å². The molecule has 1 amide bonds. The molecule has 0 spiro atoms. The Morgan fingerprint density at radius 3 is 2.58 bits per heavy atom. The highest BCUT2D eigenvalue weighted by atomic mass is 35.5. The van der Waals surface area contributed by atoms with E-state index in [9.17, 15) is 9.59 Å². The van der Waals surface area contributed by atoms with Crippen LogP contribution in [0, 0.1) is 0 Å². The van der Waals surface area contributed by atoms with E-state index in [-0.39, 0.29) is 11.7 Å². The molecule has 0 aliphatic carbocycles. The van der Waals surface area contributed by atoms with Gasteiger partial charge in [-0.3, -0.25) is 4.79 Å². The number of rotatable bonds is 3. The van der Waals surface area contributed by atoms with E-state index in [4.69, 9.17) is 21.1 Å². The molecule has 1 aromatic carbocycles. The lowest BCUT2D eigenvalue weighted by atomic mass is 10.1. The number of carboxylic acid groups (broad SMARTS) is 1. The van der Waals surface area contributed by atoms with Crippen LogP contribution >= 0.6 is 11.6 Å². The van der Waals surface area contributed by atoms with Gasteiger partial charge in [0.05, 0.1) is 10.7 Å². The van der Waals surface area contributed by atoms with E-state index in [1.807, 2.05) is 0 Å². The predicted molar refractivity (Wildman–Crippen MR) is 70.4 cm³/mol. The van der Waals surface area contributed by atoms with Crippen molar-refractivity contribution in [3.63, 3.8) is 0 Å². The quantitative estimate of drug-likeness (QED) is 0.904. The maximum Gasteiger partial charge on any atom is 0.371 e. The number of halogens is 1. The van der Waals surface area contributed by atoms with Gasteiger partial charge in [-0.2, -0.15) is 0 Å². The fourth-order valence-corrected chi connectivity index (χ4v) is 1.74. The lowest BCUT2D eigenvalue weighted by Gasteiger charge is -2.06. The summed E-state index contributed by atoms with van der Waals surface area (Å²) in [6.07, 6.45) is 0. The maximum atomic E-state index is 11.0. The largest absolute Gasteiger partial charge is 0.475 e. The van der Waals surface area contributed by atoms with Crippen LogP contribution in [0.15, 0.2) is 34.7 Å². The van der Waals surface area contributed by atoms with Crippen LogP contribution in [-0.4, -0.2) is 17.0 Å². The summed E-state index contributed by atoms with van der Waals surface area (Å²) < 4.78 is 5.18. The Hall–Kier alpha value is -2.27. The van der Waals surface area contributed by atoms with E-state index in [0.29, 0.717) is 22.0 Å². The topological polar surface area (TPSA) is 79.5 Å². The third-order valence-electron chi connectivity index (χ3n) is 2.38. The smallest absolute Gasteiger partial charge is 0.371 e. The molecule has 0 radical (unpaired) electrons. The monoisotopic (exact) mass is 279 g/mol. The summed E-state index contributed by atoms with van der Waals surface area (Å²) in [5, 5.41) is 11.8. The van der Waals surface area contributed by atoms with Crippen molar-refractivity contribution in [3.8, 4) is 11.3 Å². The van der Waals surface area contributed by atoms with E-state index >= 15 is 0 Å². The van der Waals surface area contributed by atoms with Gasteiger partial charge in [-0.15, -0.1) is 0 Å². The lowest BCUT2D eigenvalue weighted by Crippen LogP contribution is -2.06. The number of hydrogen-bond acceptors (Lipinski definition) is 3. The third-order valence-corrected chi connectivity index (χ3v) is 2.71. The second-order valence-electron chi connectivity index (χ2n) is 3.84.